The number of aromatic nitrogens is 2. The zero-order valence-electron chi connectivity index (χ0n) is 16.6. The van der Waals surface area contributed by atoms with Crippen molar-refractivity contribution in [3.8, 4) is 5.75 Å². The maximum absolute atomic E-state index is 5.85. The van der Waals surface area contributed by atoms with Crippen LogP contribution in [-0.2, 0) is 6.54 Å². The summed E-state index contributed by atoms with van der Waals surface area (Å²) in [4.78, 5) is 10.4. The minimum atomic E-state index is 0.393. The standard InChI is InChI=1S/C23H26N4O2/c1-2-28-22-14-16(13-20-18(22)7-10-24-20)15-27-11-8-17(9-12-27)25-23-26-19-5-3-4-6-21(19)29-23/h3-7,10,13-14,17,24H,2,8-9,11-12,15H2,1H3,(H,25,26). The zero-order valence-corrected chi connectivity index (χ0v) is 16.6. The van der Waals surface area contributed by atoms with Crippen LogP contribution >= 0.6 is 0 Å². The lowest BCUT2D eigenvalue weighted by molar-refractivity contribution is 0.210. The Morgan fingerprint density at radius 1 is 1.21 bits per heavy atom. The fourth-order valence-corrected chi connectivity index (χ4v) is 4.16. The van der Waals surface area contributed by atoms with E-state index < -0.39 is 0 Å². The van der Waals surface area contributed by atoms with Gasteiger partial charge in [0, 0.05) is 42.8 Å². The van der Waals surface area contributed by atoms with Crippen LogP contribution < -0.4 is 10.1 Å². The zero-order chi connectivity index (χ0) is 19.6. The number of H-pyrrole nitrogens is 1. The minimum absolute atomic E-state index is 0.393. The summed E-state index contributed by atoms with van der Waals surface area (Å²) in [5, 5.41) is 4.62. The summed E-state index contributed by atoms with van der Waals surface area (Å²) in [6, 6.07) is 15.4. The van der Waals surface area contributed by atoms with Crippen molar-refractivity contribution in [1.82, 2.24) is 14.9 Å². The molecule has 1 fully saturated rings. The number of para-hydroxylation sites is 2. The summed E-state index contributed by atoms with van der Waals surface area (Å²) < 4.78 is 11.7. The molecule has 0 amide bonds. The topological polar surface area (TPSA) is 66.3 Å². The average molecular weight is 390 g/mol. The largest absolute Gasteiger partial charge is 0.493 e. The second kappa shape index (κ2) is 7.79. The van der Waals surface area contributed by atoms with Crippen LogP contribution in [0.5, 0.6) is 5.75 Å². The van der Waals surface area contributed by atoms with E-state index in [2.05, 4.69) is 38.4 Å². The van der Waals surface area contributed by atoms with Crippen LogP contribution in [0.25, 0.3) is 22.0 Å². The number of rotatable bonds is 6. The number of oxazole rings is 1. The summed E-state index contributed by atoms with van der Waals surface area (Å²) in [7, 11) is 0. The van der Waals surface area contributed by atoms with E-state index in [9.17, 15) is 0 Å². The lowest BCUT2D eigenvalue weighted by Gasteiger charge is -2.32. The van der Waals surface area contributed by atoms with Gasteiger partial charge in [0.25, 0.3) is 6.01 Å². The summed E-state index contributed by atoms with van der Waals surface area (Å²) in [5.74, 6) is 0.966. The SMILES string of the molecule is CCOc1cc(CN2CCC(Nc3nc4ccccc4o3)CC2)cc2[nH]ccc12. The molecule has 3 heterocycles. The third kappa shape index (κ3) is 3.80. The van der Waals surface area contributed by atoms with E-state index >= 15 is 0 Å². The molecule has 0 unspecified atom stereocenters. The number of hydrogen-bond donors (Lipinski definition) is 2. The summed E-state index contributed by atoms with van der Waals surface area (Å²) in [6.45, 7) is 5.73. The first-order chi connectivity index (χ1) is 14.3. The Hall–Kier alpha value is -2.99. The van der Waals surface area contributed by atoms with E-state index in [0.717, 1.165) is 60.2 Å². The molecule has 0 aliphatic carbocycles. The molecule has 0 spiro atoms. The molecule has 2 aromatic carbocycles. The third-order valence-electron chi connectivity index (χ3n) is 5.61. The van der Waals surface area contributed by atoms with Crippen molar-refractivity contribution in [1.29, 1.82) is 0 Å². The molecule has 1 aliphatic rings. The van der Waals surface area contributed by atoms with Gasteiger partial charge >= 0.3 is 0 Å². The second-order valence-electron chi connectivity index (χ2n) is 7.65. The lowest BCUT2D eigenvalue weighted by atomic mass is 10.0. The van der Waals surface area contributed by atoms with Gasteiger partial charge in [-0.15, -0.1) is 0 Å². The van der Waals surface area contributed by atoms with Crippen LogP contribution in [0.1, 0.15) is 25.3 Å². The molecule has 29 heavy (non-hydrogen) atoms. The first kappa shape index (κ1) is 18.1. The van der Waals surface area contributed by atoms with Crippen LogP contribution in [0.4, 0.5) is 6.01 Å². The van der Waals surface area contributed by atoms with Gasteiger partial charge < -0.3 is 19.5 Å². The van der Waals surface area contributed by atoms with Crippen LogP contribution in [-0.4, -0.2) is 40.6 Å². The van der Waals surface area contributed by atoms with E-state index in [1.54, 1.807) is 0 Å². The predicted molar refractivity (Wildman–Crippen MR) is 115 cm³/mol. The molecule has 150 valence electrons. The monoisotopic (exact) mass is 390 g/mol. The Labute approximate surface area is 169 Å². The molecule has 6 heteroatoms. The number of nitrogens with zero attached hydrogens (tertiary/aromatic N) is 2. The Morgan fingerprint density at radius 2 is 2.07 bits per heavy atom. The Kier molecular flexibility index (Phi) is 4.86. The molecule has 0 radical (unpaired) electrons. The lowest BCUT2D eigenvalue weighted by Crippen LogP contribution is -2.38. The smallest absolute Gasteiger partial charge is 0.295 e. The molecule has 6 nitrogen and oxygen atoms in total. The highest BCUT2D eigenvalue weighted by atomic mass is 16.5. The van der Waals surface area contributed by atoms with Gasteiger partial charge in [0.1, 0.15) is 11.3 Å². The van der Waals surface area contributed by atoms with E-state index in [0.29, 0.717) is 18.7 Å². The van der Waals surface area contributed by atoms with Crippen LogP contribution in [0.2, 0.25) is 0 Å². The fraction of sp³-hybridized carbons (Fsp3) is 0.348. The van der Waals surface area contributed by atoms with Crippen molar-refractivity contribution in [2.24, 2.45) is 0 Å². The third-order valence-corrected chi connectivity index (χ3v) is 5.61. The highest BCUT2D eigenvalue weighted by Crippen LogP contribution is 2.28. The van der Waals surface area contributed by atoms with Gasteiger partial charge in [0.15, 0.2) is 5.58 Å². The van der Waals surface area contributed by atoms with Crippen LogP contribution in [0, 0.1) is 0 Å². The molecular weight excluding hydrogens is 364 g/mol. The quantitative estimate of drug-likeness (QED) is 0.496. The van der Waals surface area contributed by atoms with Gasteiger partial charge in [0.2, 0.25) is 0 Å². The van der Waals surface area contributed by atoms with Gasteiger partial charge in [-0.3, -0.25) is 4.90 Å². The predicted octanol–water partition coefficient (Wildman–Crippen LogP) is 4.78. The number of aromatic amines is 1. The molecule has 1 saturated heterocycles. The second-order valence-corrected chi connectivity index (χ2v) is 7.65. The number of fused-ring (bicyclic) bond motifs is 2. The van der Waals surface area contributed by atoms with Crippen molar-refractivity contribution >= 4 is 28.0 Å². The van der Waals surface area contributed by atoms with Gasteiger partial charge in [0.05, 0.1) is 6.61 Å². The van der Waals surface area contributed by atoms with Gasteiger partial charge in [-0.05, 0) is 55.7 Å². The van der Waals surface area contributed by atoms with E-state index in [-0.39, 0.29) is 0 Å². The highest BCUT2D eigenvalue weighted by molar-refractivity contribution is 5.86. The molecule has 0 bridgehead atoms. The van der Waals surface area contributed by atoms with Crippen LogP contribution in [0.3, 0.4) is 0 Å². The summed E-state index contributed by atoms with van der Waals surface area (Å²) in [6.07, 6.45) is 4.11. The van der Waals surface area contributed by atoms with Crippen molar-refractivity contribution < 1.29 is 9.15 Å². The maximum atomic E-state index is 5.85. The number of benzene rings is 2. The van der Waals surface area contributed by atoms with Gasteiger partial charge in [-0.1, -0.05) is 12.1 Å². The van der Waals surface area contributed by atoms with Gasteiger partial charge in [-0.2, -0.15) is 4.98 Å². The normalized spacial score (nSPS) is 15.9. The van der Waals surface area contributed by atoms with E-state index in [1.807, 2.05) is 37.4 Å². The molecule has 0 saturated carbocycles. The van der Waals surface area contributed by atoms with E-state index in [1.165, 1.54) is 5.56 Å². The Morgan fingerprint density at radius 3 is 2.90 bits per heavy atom. The molecule has 2 N–H and O–H groups in total. The Bertz CT molecular complexity index is 1080. The maximum Gasteiger partial charge on any atom is 0.295 e. The molecule has 4 aromatic rings. The minimum Gasteiger partial charge on any atom is -0.493 e. The summed E-state index contributed by atoms with van der Waals surface area (Å²) >= 11 is 0. The summed E-state index contributed by atoms with van der Waals surface area (Å²) in [5.41, 5.74) is 4.15. The molecule has 2 aromatic heterocycles. The number of piperidine rings is 1. The average Bonchev–Trinajstić information content (AvgIpc) is 3.36. The van der Waals surface area contributed by atoms with Crippen molar-refractivity contribution in [2.45, 2.75) is 32.4 Å². The van der Waals surface area contributed by atoms with E-state index in [4.69, 9.17) is 9.15 Å². The van der Waals surface area contributed by atoms with Crippen molar-refractivity contribution in [3.63, 3.8) is 0 Å². The number of hydrogen-bond acceptors (Lipinski definition) is 5. The van der Waals surface area contributed by atoms with Crippen molar-refractivity contribution in [3.05, 3.63) is 54.2 Å². The first-order valence-electron chi connectivity index (χ1n) is 10.4. The molecule has 1 aliphatic heterocycles. The Balaban J connectivity index is 1.21. The molecule has 0 atom stereocenters. The fourth-order valence-electron chi connectivity index (χ4n) is 4.16. The number of anilines is 1. The highest BCUT2D eigenvalue weighted by Gasteiger charge is 2.21. The molecule has 5 rings (SSSR count). The van der Waals surface area contributed by atoms with Crippen LogP contribution in [0.15, 0.2) is 53.1 Å². The van der Waals surface area contributed by atoms with Crippen molar-refractivity contribution in [2.75, 3.05) is 25.0 Å². The number of likely N-dealkylation sites (tertiary alicyclic amines) is 1. The number of nitrogens with one attached hydrogen (secondary N) is 2. The van der Waals surface area contributed by atoms with Gasteiger partial charge in [-0.25, -0.2) is 0 Å². The molecular formula is C23H26N4O2. The number of ether oxygens (including phenoxy) is 1. The first-order valence-corrected chi connectivity index (χ1v) is 10.4.